The average Bonchev–Trinajstić information content (AvgIpc) is 2.59. The molecular formula is C13H13Br2NO2. The highest BCUT2D eigenvalue weighted by Crippen LogP contribution is 2.26. The van der Waals surface area contributed by atoms with Gasteiger partial charge < -0.3 is 0 Å². The van der Waals surface area contributed by atoms with Gasteiger partial charge in [0.15, 0.2) is 0 Å². The molecular weight excluding hydrogens is 362 g/mol. The summed E-state index contributed by atoms with van der Waals surface area (Å²) < 4.78 is 0.823. The molecule has 0 saturated carbocycles. The lowest BCUT2D eigenvalue weighted by molar-refractivity contribution is 0.0651. The Morgan fingerprint density at radius 1 is 1.00 bits per heavy atom. The molecule has 0 radical (unpaired) electrons. The zero-order valence-corrected chi connectivity index (χ0v) is 13.0. The van der Waals surface area contributed by atoms with Crippen LogP contribution in [0.25, 0.3) is 0 Å². The number of rotatable bonds is 5. The summed E-state index contributed by atoms with van der Waals surface area (Å²) in [5.74, 6) is -0.337. The van der Waals surface area contributed by atoms with Crippen LogP contribution in [0.3, 0.4) is 0 Å². The Morgan fingerprint density at radius 3 is 2.44 bits per heavy atom. The SMILES string of the molecule is O=C1c2ccc(Br)cc2C(=O)N1CCCCCBr. The molecule has 1 heterocycles. The van der Waals surface area contributed by atoms with Crippen LogP contribution in [0.1, 0.15) is 40.0 Å². The van der Waals surface area contributed by atoms with Crippen LogP contribution >= 0.6 is 31.9 Å². The normalized spacial score (nSPS) is 14.2. The predicted octanol–water partition coefficient (Wildman–Crippen LogP) is 3.61. The maximum absolute atomic E-state index is 12.1. The summed E-state index contributed by atoms with van der Waals surface area (Å²) in [7, 11) is 0. The molecule has 3 nitrogen and oxygen atoms in total. The number of carbonyl (C=O) groups excluding carboxylic acids is 2. The van der Waals surface area contributed by atoms with Crippen molar-refractivity contribution in [1.29, 1.82) is 0 Å². The monoisotopic (exact) mass is 373 g/mol. The van der Waals surface area contributed by atoms with E-state index in [1.54, 1.807) is 18.2 Å². The lowest BCUT2D eigenvalue weighted by atomic mass is 10.1. The first-order valence-electron chi connectivity index (χ1n) is 5.87. The second kappa shape index (κ2) is 5.97. The van der Waals surface area contributed by atoms with Crippen LogP contribution in [-0.2, 0) is 0 Å². The van der Waals surface area contributed by atoms with Crippen molar-refractivity contribution in [3.8, 4) is 0 Å². The first-order chi connectivity index (χ1) is 8.65. The summed E-state index contributed by atoms with van der Waals surface area (Å²) in [6.45, 7) is 0.511. The summed E-state index contributed by atoms with van der Waals surface area (Å²) in [5, 5.41) is 0.960. The quantitative estimate of drug-likeness (QED) is 0.448. The van der Waals surface area contributed by atoms with Crippen molar-refractivity contribution in [3.63, 3.8) is 0 Å². The van der Waals surface area contributed by atoms with Gasteiger partial charge in [-0.1, -0.05) is 38.3 Å². The Bertz CT molecular complexity index is 488. The number of nitrogens with zero attached hydrogens (tertiary/aromatic N) is 1. The topological polar surface area (TPSA) is 37.4 Å². The van der Waals surface area contributed by atoms with Crippen molar-refractivity contribution >= 4 is 43.7 Å². The van der Waals surface area contributed by atoms with Crippen molar-refractivity contribution in [3.05, 3.63) is 33.8 Å². The van der Waals surface area contributed by atoms with Gasteiger partial charge in [-0.3, -0.25) is 14.5 Å². The second-order valence-electron chi connectivity index (χ2n) is 4.20. The third-order valence-electron chi connectivity index (χ3n) is 2.95. The van der Waals surface area contributed by atoms with Crippen LogP contribution in [0.4, 0.5) is 0 Å². The van der Waals surface area contributed by atoms with Gasteiger partial charge in [0, 0.05) is 16.3 Å². The van der Waals surface area contributed by atoms with Gasteiger partial charge >= 0.3 is 0 Å². The molecule has 1 aromatic carbocycles. The molecule has 0 spiro atoms. The lowest BCUT2D eigenvalue weighted by Gasteiger charge is -2.12. The van der Waals surface area contributed by atoms with Crippen LogP contribution in [0.15, 0.2) is 22.7 Å². The first-order valence-corrected chi connectivity index (χ1v) is 7.78. The minimum atomic E-state index is -0.171. The number of carbonyl (C=O) groups is 2. The van der Waals surface area contributed by atoms with E-state index >= 15 is 0 Å². The molecule has 1 aliphatic rings. The Labute approximate surface area is 123 Å². The Hall–Kier alpha value is -0.680. The number of benzene rings is 1. The third-order valence-corrected chi connectivity index (χ3v) is 4.00. The molecule has 0 fully saturated rings. The summed E-state index contributed by atoms with van der Waals surface area (Å²) in [4.78, 5) is 25.5. The molecule has 1 aromatic rings. The average molecular weight is 375 g/mol. The highest BCUT2D eigenvalue weighted by Gasteiger charge is 2.34. The number of hydrogen-bond acceptors (Lipinski definition) is 2. The molecule has 5 heteroatoms. The van der Waals surface area contributed by atoms with Crippen LogP contribution in [0.2, 0.25) is 0 Å². The van der Waals surface area contributed by atoms with Gasteiger partial charge in [-0.05, 0) is 31.0 Å². The smallest absolute Gasteiger partial charge is 0.261 e. The van der Waals surface area contributed by atoms with E-state index in [1.165, 1.54) is 4.90 Å². The van der Waals surface area contributed by atoms with Crippen LogP contribution in [0.5, 0.6) is 0 Å². The first kappa shape index (κ1) is 13.7. The van der Waals surface area contributed by atoms with Gasteiger partial charge in [-0.25, -0.2) is 0 Å². The minimum absolute atomic E-state index is 0.165. The predicted molar refractivity (Wildman–Crippen MR) is 77.2 cm³/mol. The summed E-state index contributed by atoms with van der Waals surface area (Å²) >= 11 is 6.68. The van der Waals surface area contributed by atoms with E-state index in [2.05, 4.69) is 31.9 Å². The molecule has 0 N–H and O–H groups in total. The third kappa shape index (κ3) is 2.67. The van der Waals surface area contributed by atoms with Crippen LogP contribution < -0.4 is 0 Å². The summed E-state index contributed by atoms with van der Waals surface area (Å²) in [6.07, 6.45) is 2.94. The lowest BCUT2D eigenvalue weighted by Crippen LogP contribution is -2.30. The Morgan fingerprint density at radius 2 is 1.72 bits per heavy atom. The molecule has 18 heavy (non-hydrogen) atoms. The molecule has 2 amide bonds. The van der Waals surface area contributed by atoms with Crippen molar-refractivity contribution in [2.45, 2.75) is 19.3 Å². The Kier molecular flexibility index (Phi) is 4.56. The zero-order chi connectivity index (χ0) is 13.1. The van der Waals surface area contributed by atoms with E-state index in [0.29, 0.717) is 17.7 Å². The number of imide groups is 1. The molecule has 1 aliphatic heterocycles. The molecule has 0 atom stereocenters. The number of fused-ring (bicyclic) bond motifs is 1. The van der Waals surface area contributed by atoms with E-state index in [-0.39, 0.29) is 11.8 Å². The highest BCUT2D eigenvalue weighted by atomic mass is 79.9. The summed E-state index contributed by atoms with van der Waals surface area (Å²) in [6, 6.07) is 5.21. The summed E-state index contributed by atoms with van der Waals surface area (Å²) in [5.41, 5.74) is 1.03. The van der Waals surface area contributed by atoms with Crippen molar-refractivity contribution in [2.24, 2.45) is 0 Å². The fourth-order valence-corrected chi connectivity index (χ4v) is 2.76. The number of unbranched alkanes of at least 4 members (excludes halogenated alkanes) is 2. The number of halogens is 2. The van der Waals surface area contributed by atoms with E-state index < -0.39 is 0 Å². The second-order valence-corrected chi connectivity index (χ2v) is 5.91. The maximum Gasteiger partial charge on any atom is 0.261 e. The van der Waals surface area contributed by atoms with E-state index in [4.69, 9.17) is 0 Å². The number of alkyl halides is 1. The standard InChI is InChI=1S/C13H13Br2NO2/c14-6-2-1-3-7-16-12(17)10-5-4-9(15)8-11(10)13(16)18/h4-5,8H,1-3,6-7H2. The fourth-order valence-electron chi connectivity index (χ4n) is 2.01. The molecule has 96 valence electrons. The van der Waals surface area contributed by atoms with Crippen molar-refractivity contribution in [1.82, 2.24) is 4.90 Å². The fraction of sp³-hybridized carbons (Fsp3) is 0.385. The number of hydrogen-bond donors (Lipinski definition) is 0. The van der Waals surface area contributed by atoms with E-state index in [1.807, 2.05) is 0 Å². The van der Waals surface area contributed by atoms with Crippen LogP contribution in [0, 0.1) is 0 Å². The molecule has 0 aromatic heterocycles. The molecule has 0 unspecified atom stereocenters. The van der Waals surface area contributed by atoms with Gasteiger partial charge in [0.2, 0.25) is 0 Å². The number of amides is 2. The zero-order valence-electron chi connectivity index (χ0n) is 9.79. The Balaban J connectivity index is 2.08. The highest BCUT2D eigenvalue weighted by molar-refractivity contribution is 9.10. The van der Waals surface area contributed by atoms with Gasteiger partial charge in [-0.15, -0.1) is 0 Å². The van der Waals surface area contributed by atoms with Crippen molar-refractivity contribution < 1.29 is 9.59 Å². The molecule has 0 aliphatic carbocycles. The van der Waals surface area contributed by atoms with Crippen LogP contribution in [-0.4, -0.2) is 28.6 Å². The molecule has 0 saturated heterocycles. The van der Waals surface area contributed by atoms with Crippen molar-refractivity contribution in [2.75, 3.05) is 11.9 Å². The largest absolute Gasteiger partial charge is 0.274 e. The van der Waals surface area contributed by atoms with Gasteiger partial charge in [0.1, 0.15) is 0 Å². The maximum atomic E-state index is 12.1. The van der Waals surface area contributed by atoms with E-state index in [0.717, 1.165) is 29.1 Å². The molecule has 0 bridgehead atoms. The van der Waals surface area contributed by atoms with Gasteiger partial charge in [0.25, 0.3) is 11.8 Å². The van der Waals surface area contributed by atoms with E-state index in [9.17, 15) is 9.59 Å². The molecule has 2 rings (SSSR count). The minimum Gasteiger partial charge on any atom is -0.274 e. The van der Waals surface area contributed by atoms with Gasteiger partial charge in [0.05, 0.1) is 11.1 Å². The van der Waals surface area contributed by atoms with Gasteiger partial charge in [-0.2, -0.15) is 0 Å².